The van der Waals surface area contributed by atoms with Crippen molar-refractivity contribution in [1.29, 1.82) is 0 Å². The molecule has 4 N–H and O–H groups in total. The molecule has 0 aromatic rings. The maximum atomic E-state index is 12.7. The maximum Gasteiger partial charge on any atom is 0.151 e. The van der Waals surface area contributed by atoms with Crippen LogP contribution in [-0.4, -0.2) is 37.3 Å². The van der Waals surface area contributed by atoms with Crippen LogP contribution in [0.3, 0.4) is 0 Å². The van der Waals surface area contributed by atoms with Crippen LogP contribution in [0.2, 0.25) is 0 Å². The number of carbonyl (C=O) groups is 1. The van der Waals surface area contributed by atoms with E-state index in [0.29, 0.717) is 36.0 Å². The molecule has 4 fully saturated rings. The lowest BCUT2D eigenvalue weighted by molar-refractivity contribution is -0.160. The Balaban J connectivity index is 1.60. The van der Waals surface area contributed by atoms with Crippen LogP contribution in [0, 0.1) is 40.4 Å². The second-order valence-corrected chi connectivity index (χ2v) is 10.3. The van der Waals surface area contributed by atoms with Crippen molar-refractivity contribution >= 4 is 5.78 Å². The van der Waals surface area contributed by atoms with Crippen LogP contribution in [0.4, 0.5) is 0 Å². The number of hydrogen-bond acceptors (Lipinski definition) is 5. The number of aliphatic hydroxyl groups is 1. The summed E-state index contributed by atoms with van der Waals surface area (Å²) in [4.78, 5) is 12.7. The molecule has 0 heterocycles. The molecule has 0 radical (unpaired) electrons. The number of nitrogens with two attached hydrogens (primary N) is 1. The van der Waals surface area contributed by atoms with E-state index >= 15 is 0 Å². The zero-order valence-electron chi connectivity index (χ0n) is 17.1. The predicted octanol–water partition coefficient (Wildman–Crippen LogP) is 2.67. The third-order valence-electron chi connectivity index (χ3n) is 9.41. The van der Waals surface area contributed by atoms with Crippen LogP contribution in [0.15, 0.2) is 0 Å². The van der Waals surface area contributed by atoms with Gasteiger partial charge in [0.05, 0.1) is 19.3 Å². The summed E-state index contributed by atoms with van der Waals surface area (Å²) in [7, 11) is 1.84. The Hall–Kier alpha value is -0.490. The smallest absolute Gasteiger partial charge is 0.151 e. The third-order valence-corrected chi connectivity index (χ3v) is 9.41. The average molecular weight is 379 g/mol. The predicted molar refractivity (Wildman–Crippen MR) is 105 cm³/mol. The zero-order valence-corrected chi connectivity index (χ0v) is 17.1. The molecule has 8 atom stereocenters. The second kappa shape index (κ2) is 7.40. The van der Waals surface area contributed by atoms with Gasteiger partial charge in [0.25, 0.3) is 0 Å². The number of rotatable bonds is 5. The van der Waals surface area contributed by atoms with Gasteiger partial charge in [-0.25, -0.2) is 0 Å². The molecule has 0 aliphatic heterocycles. The van der Waals surface area contributed by atoms with Gasteiger partial charge >= 0.3 is 0 Å². The van der Waals surface area contributed by atoms with Gasteiger partial charge in [0.15, 0.2) is 5.78 Å². The fraction of sp³-hybridized carbons (Fsp3) is 0.955. The zero-order chi connectivity index (χ0) is 19.2. The number of hydrazine groups is 1. The largest absolute Gasteiger partial charge is 0.393 e. The van der Waals surface area contributed by atoms with Crippen molar-refractivity contribution in [2.75, 3.05) is 20.3 Å². The highest BCUT2D eigenvalue weighted by Gasteiger charge is 2.62. The van der Waals surface area contributed by atoms with Crippen molar-refractivity contribution in [3.8, 4) is 0 Å². The molecule has 0 unspecified atom stereocenters. The summed E-state index contributed by atoms with van der Waals surface area (Å²) in [5.41, 5.74) is 2.98. The number of aliphatic hydroxyl groups excluding tert-OH is 1. The molecular weight excluding hydrogens is 340 g/mol. The Kier molecular flexibility index (Phi) is 5.43. The molecule has 27 heavy (non-hydrogen) atoms. The fourth-order valence-corrected chi connectivity index (χ4v) is 8.33. The first-order chi connectivity index (χ1) is 13.0. The molecule has 0 saturated heterocycles. The first-order valence-corrected chi connectivity index (χ1v) is 11.1. The minimum Gasteiger partial charge on any atom is -0.393 e. The summed E-state index contributed by atoms with van der Waals surface area (Å²) in [6, 6.07) is 0. The van der Waals surface area contributed by atoms with Gasteiger partial charge in [-0.05, 0) is 92.3 Å². The van der Waals surface area contributed by atoms with Gasteiger partial charge in [0.2, 0.25) is 0 Å². The lowest BCUT2D eigenvalue weighted by Crippen LogP contribution is -2.57. The van der Waals surface area contributed by atoms with Crippen molar-refractivity contribution < 1.29 is 14.6 Å². The monoisotopic (exact) mass is 378 g/mol. The average Bonchev–Trinajstić information content (AvgIpc) is 3.00. The number of Topliss-reactive ketones (excluding diaryl/α,β-unsaturated/α-hetero) is 1. The van der Waals surface area contributed by atoms with E-state index < -0.39 is 0 Å². The van der Waals surface area contributed by atoms with E-state index in [2.05, 4.69) is 12.3 Å². The van der Waals surface area contributed by atoms with Gasteiger partial charge in [-0.3, -0.25) is 16.1 Å². The SMILES string of the molecule is COC[C@]12CC[C@@H](O)C[C@@H]1CC[C@H]1[C@@H]3CC[C@H](C(=O)CNN)[C@@]3(C)CC[C@@H]12. The van der Waals surface area contributed by atoms with Crippen molar-refractivity contribution in [2.45, 2.75) is 70.8 Å². The molecule has 0 aromatic heterocycles. The molecule has 5 nitrogen and oxygen atoms in total. The minimum atomic E-state index is -0.123. The lowest BCUT2D eigenvalue weighted by Gasteiger charge is -2.61. The number of methoxy groups -OCH3 is 1. The molecule has 4 saturated carbocycles. The van der Waals surface area contributed by atoms with Gasteiger partial charge < -0.3 is 9.84 Å². The summed E-state index contributed by atoms with van der Waals surface area (Å²) in [6.07, 6.45) is 9.94. The van der Waals surface area contributed by atoms with E-state index in [1.165, 1.54) is 25.7 Å². The molecule has 154 valence electrons. The molecule has 4 aliphatic rings. The highest BCUT2D eigenvalue weighted by Crippen LogP contribution is 2.67. The number of fused-ring (bicyclic) bond motifs is 5. The fourth-order valence-electron chi connectivity index (χ4n) is 8.33. The molecule has 4 rings (SSSR count). The number of carbonyl (C=O) groups excluding carboxylic acids is 1. The van der Waals surface area contributed by atoms with Gasteiger partial charge in [-0.1, -0.05) is 6.92 Å². The van der Waals surface area contributed by atoms with Crippen molar-refractivity contribution in [1.82, 2.24) is 5.43 Å². The van der Waals surface area contributed by atoms with Gasteiger partial charge in [0.1, 0.15) is 0 Å². The van der Waals surface area contributed by atoms with E-state index in [1.807, 2.05) is 7.11 Å². The van der Waals surface area contributed by atoms with Crippen molar-refractivity contribution in [2.24, 2.45) is 46.3 Å². The van der Waals surface area contributed by atoms with Crippen LogP contribution < -0.4 is 11.3 Å². The molecular formula is C22H38N2O3. The van der Waals surface area contributed by atoms with E-state index in [1.54, 1.807) is 0 Å². The van der Waals surface area contributed by atoms with E-state index in [-0.39, 0.29) is 22.9 Å². The Morgan fingerprint density at radius 2 is 1.96 bits per heavy atom. The molecule has 5 heteroatoms. The van der Waals surface area contributed by atoms with E-state index in [0.717, 1.165) is 38.7 Å². The van der Waals surface area contributed by atoms with E-state index in [4.69, 9.17) is 10.6 Å². The van der Waals surface area contributed by atoms with Crippen molar-refractivity contribution in [3.63, 3.8) is 0 Å². The Bertz CT molecular complexity index is 570. The number of ketones is 1. The van der Waals surface area contributed by atoms with Gasteiger partial charge in [0, 0.05) is 13.0 Å². The van der Waals surface area contributed by atoms with Gasteiger partial charge in [-0.15, -0.1) is 0 Å². The third kappa shape index (κ3) is 3.00. The normalized spacial score (nSPS) is 49.2. The first kappa shape index (κ1) is 19.8. The summed E-state index contributed by atoms with van der Waals surface area (Å²) in [6.45, 7) is 3.53. The Morgan fingerprint density at radius 3 is 2.70 bits per heavy atom. The van der Waals surface area contributed by atoms with Crippen LogP contribution in [0.1, 0.15) is 64.7 Å². The quantitative estimate of drug-likeness (QED) is 0.506. The highest BCUT2D eigenvalue weighted by atomic mass is 16.5. The summed E-state index contributed by atoms with van der Waals surface area (Å²) >= 11 is 0. The van der Waals surface area contributed by atoms with Crippen LogP contribution in [0.25, 0.3) is 0 Å². The topological polar surface area (TPSA) is 84.6 Å². The second-order valence-electron chi connectivity index (χ2n) is 10.3. The van der Waals surface area contributed by atoms with Crippen molar-refractivity contribution in [3.05, 3.63) is 0 Å². The van der Waals surface area contributed by atoms with Gasteiger partial charge in [-0.2, -0.15) is 0 Å². The molecule has 4 aliphatic carbocycles. The molecule has 0 bridgehead atoms. The summed E-state index contributed by atoms with van der Waals surface area (Å²) in [5.74, 6) is 8.60. The molecule has 0 aromatic carbocycles. The summed E-state index contributed by atoms with van der Waals surface area (Å²) in [5, 5.41) is 10.3. The first-order valence-electron chi connectivity index (χ1n) is 11.1. The maximum absolute atomic E-state index is 12.7. The van der Waals surface area contributed by atoms with Crippen LogP contribution in [0.5, 0.6) is 0 Å². The minimum absolute atomic E-state index is 0.123. The Morgan fingerprint density at radius 1 is 1.15 bits per heavy atom. The molecule has 0 spiro atoms. The lowest BCUT2D eigenvalue weighted by atomic mass is 9.44. The van der Waals surface area contributed by atoms with Crippen LogP contribution in [-0.2, 0) is 9.53 Å². The number of hydrogen-bond donors (Lipinski definition) is 3. The standard InChI is InChI=1S/C22H38N2O3/c1-21-9-8-18-16(17(21)5-6-19(21)20(26)12-24-23)4-3-14-11-15(25)7-10-22(14,18)13-27-2/h14-19,24-25H,3-13,23H2,1-2H3/t14-,15+,16-,17-,18-,19+,21-,22+/m0/s1. The van der Waals surface area contributed by atoms with E-state index in [9.17, 15) is 9.90 Å². The van der Waals surface area contributed by atoms with Crippen LogP contribution >= 0.6 is 0 Å². The Labute approximate surface area is 163 Å². The number of nitrogens with one attached hydrogen (secondary N) is 1. The molecule has 0 amide bonds. The summed E-state index contributed by atoms with van der Waals surface area (Å²) < 4.78 is 5.80. The highest BCUT2D eigenvalue weighted by molar-refractivity contribution is 5.84. The number of ether oxygens (including phenoxy) is 1.